The van der Waals surface area contributed by atoms with E-state index < -0.39 is 35.0 Å². The van der Waals surface area contributed by atoms with Gasteiger partial charge in [0.2, 0.25) is 0 Å². The van der Waals surface area contributed by atoms with E-state index in [4.69, 9.17) is 19.7 Å². The predicted molar refractivity (Wildman–Crippen MR) is 90.2 cm³/mol. The van der Waals surface area contributed by atoms with Crippen molar-refractivity contribution in [3.63, 3.8) is 0 Å². The number of carbonyl (C=O) groups is 4. The van der Waals surface area contributed by atoms with Crippen molar-refractivity contribution in [3.8, 4) is 0 Å². The van der Waals surface area contributed by atoms with Gasteiger partial charge in [0.1, 0.15) is 5.60 Å². The van der Waals surface area contributed by atoms with Crippen LogP contribution in [0.2, 0.25) is 0 Å². The molecule has 0 heterocycles. The first kappa shape index (κ1) is 20.9. The van der Waals surface area contributed by atoms with Crippen LogP contribution in [0.4, 0.5) is 0 Å². The maximum Gasteiger partial charge on any atom is 0.339 e. The number of hydrogen-bond donors (Lipinski definition) is 2. The maximum atomic E-state index is 12.1. The van der Waals surface area contributed by atoms with Crippen LogP contribution < -0.4 is 0 Å². The Bertz CT molecular complexity index is 760. The molecule has 0 saturated heterocycles. The number of aromatic carboxylic acids is 2. The zero-order valence-electron chi connectivity index (χ0n) is 14.7. The van der Waals surface area contributed by atoms with Crippen LogP contribution in [0.3, 0.4) is 0 Å². The Hall–Kier alpha value is -3.16. The fraction of sp³-hybridized carbons (Fsp3) is 0.333. The second-order valence-electron chi connectivity index (χ2n) is 6.19. The summed E-state index contributed by atoms with van der Waals surface area (Å²) in [6.45, 7) is 8.11. The predicted octanol–water partition coefficient (Wildman–Crippen LogP) is 2.53. The highest BCUT2D eigenvalue weighted by molar-refractivity contribution is 6.04. The number of carbonyl (C=O) groups excluding carboxylic acids is 2. The van der Waals surface area contributed by atoms with Crippen molar-refractivity contribution in [2.24, 2.45) is 0 Å². The van der Waals surface area contributed by atoms with Gasteiger partial charge in [-0.2, -0.15) is 0 Å². The molecular weight excluding hydrogens is 344 g/mol. The Balaban J connectivity index is 2.80. The van der Waals surface area contributed by atoms with E-state index in [0.29, 0.717) is 0 Å². The van der Waals surface area contributed by atoms with Gasteiger partial charge < -0.3 is 19.7 Å². The Labute approximate surface area is 150 Å². The van der Waals surface area contributed by atoms with Crippen LogP contribution in [0.25, 0.3) is 0 Å². The molecule has 0 fully saturated rings. The van der Waals surface area contributed by atoms with Crippen LogP contribution in [-0.2, 0) is 14.3 Å². The zero-order valence-corrected chi connectivity index (χ0v) is 14.7. The number of rotatable bonds is 8. The molecule has 0 aliphatic carbocycles. The first-order chi connectivity index (χ1) is 11.9. The standard InChI is InChI=1S/C18H20O8/c1-10(2)16(23)26-18(3,4)7-8-25-17(24)12-6-5-11(14(19)20)9-13(12)15(21)22/h5-6,9H,1,7-8H2,2-4H3,(H,19,20)(H,21,22). The Kier molecular flexibility index (Phi) is 6.65. The van der Waals surface area contributed by atoms with Gasteiger partial charge in [-0.25, -0.2) is 19.2 Å². The fourth-order valence-corrected chi connectivity index (χ4v) is 1.89. The molecule has 0 aliphatic heterocycles. The normalized spacial score (nSPS) is 10.7. The van der Waals surface area contributed by atoms with E-state index >= 15 is 0 Å². The molecule has 0 saturated carbocycles. The molecule has 140 valence electrons. The minimum absolute atomic E-state index is 0.130. The van der Waals surface area contributed by atoms with Gasteiger partial charge in [-0.3, -0.25) is 0 Å². The minimum Gasteiger partial charge on any atom is -0.478 e. The van der Waals surface area contributed by atoms with Gasteiger partial charge in [0.25, 0.3) is 0 Å². The lowest BCUT2D eigenvalue weighted by molar-refractivity contribution is -0.152. The molecule has 0 aromatic heterocycles. The molecule has 8 nitrogen and oxygen atoms in total. The molecule has 0 amide bonds. The molecule has 1 aromatic rings. The van der Waals surface area contributed by atoms with Crippen LogP contribution >= 0.6 is 0 Å². The summed E-state index contributed by atoms with van der Waals surface area (Å²) < 4.78 is 10.2. The number of carboxylic acids is 2. The minimum atomic E-state index is -1.45. The first-order valence-electron chi connectivity index (χ1n) is 7.61. The number of carboxylic acid groups (broad SMARTS) is 2. The number of esters is 2. The second-order valence-corrected chi connectivity index (χ2v) is 6.19. The third-order valence-electron chi connectivity index (χ3n) is 3.37. The molecule has 0 aliphatic rings. The zero-order chi connectivity index (χ0) is 20.1. The highest BCUT2D eigenvalue weighted by Crippen LogP contribution is 2.18. The Morgan fingerprint density at radius 2 is 1.69 bits per heavy atom. The molecular formula is C18H20O8. The van der Waals surface area contributed by atoms with Crippen molar-refractivity contribution in [2.45, 2.75) is 32.8 Å². The van der Waals surface area contributed by atoms with Gasteiger partial charge in [0.15, 0.2) is 0 Å². The van der Waals surface area contributed by atoms with Gasteiger partial charge in [0, 0.05) is 12.0 Å². The van der Waals surface area contributed by atoms with E-state index in [1.165, 1.54) is 6.92 Å². The summed E-state index contributed by atoms with van der Waals surface area (Å²) in [5, 5.41) is 18.1. The maximum absolute atomic E-state index is 12.1. The average molecular weight is 364 g/mol. The summed E-state index contributed by atoms with van der Waals surface area (Å²) in [4.78, 5) is 45.8. The lowest BCUT2D eigenvalue weighted by Crippen LogP contribution is -2.30. The molecule has 0 atom stereocenters. The SMILES string of the molecule is C=C(C)C(=O)OC(C)(C)CCOC(=O)c1ccc(C(=O)O)cc1C(=O)O. The third kappa shape index (κ3) is 5.73. The van der Waals surface area contributed by atoms with Crippen LogP contribution in [-0.4, -0.2) is 46.3 Å². The number of ether oxygens (including phenoxy) is 2. The van der Waals surface area contributed by atoms with Crippen molar-refractivity contribution < 1.29 is 38.9 Å². The lowest BCUT2D eigenvalue weighted by atomic mass is 10.0. The Morgan fingerprint density at radius 1 is 1.08 bits per heavy atom. The molecule has 0 unspecified atom stereocenters. The van der Waals surface area contributed by atoms with Crippen molar-refractivity contribution >= 4 is 23.9 Å². The molecule has 0 radical (unpaired) electrons. The fourth-order valence-electron chi connectivity index (χ4n) is 1.89. The molecule has 0 bridgehead atoms. The van der Waals surface area contributed by atoms with Crippen molar-refractivity contribution in [1.29, 1.82) is 0 Å². The van der Waals surface area contributed by atoms with Crippen molar-refractivity contribution in [1.82, 2.24) is 0 Å². The van der Waals surface area contributed by atoms with Gasteiger partial charge >= 0.3 is 23.9 Å². The van der Waals surface area contributed by atoms with Crippen LogP contribution in [0.1, 0.15) is 58.3 Å². The van der Waals surface area contributed by atoms with E-state index in [1.54, 1.807) is 13.8 Å². The van der Waals surface area contributed by atoms with Gasteiger partial charge in [-0.15, -0.1) is 0 Å². The quantitative estimate of drug-likeness (QED) is 0.532. The molecule has 8 heteroatoms. The molecule has 1 rings (SSSR count). The molecule has 0 spiro atoms. The lowest BCUT2D eigenvalue weighted by Gasteiger charge is -2.25. The number of benzene rings is 1. The van der Waals surface area contributed by atoms with Gasteiger partial charge in [-0.05, 0) is 39.0 Å². The number of hydrogen-bond acceptors (Lipinski definition) is 6. The third-order valence-corrected chi connectivity index (χ3v) is 3.37. The molecule has 1 aromatic carbocycles. The molecule has 2 N–H and O–H groups in total. The summed E-state index contributed by atoms with van der Waals surface area (Å²) in [5.41, 5.74) is -1.67. The summed E-state index contributed by atoms with van der Waals surface area (Å²) >= 11 is 0. The topological polar surface area (TPSA) is 127 Å². The van der Waals surface area contributed by atoms with Crippen molar-refractivity contribution in [3.05, 3.63) is 47.0 Å². The van der Waals surface area contributed by atoms with Crippen molar-refractivity contribution in [2.75, 3.05) is 6.61 Å². The van der Waals surface area contributed by atoms with E-state index in [2.05, 4.69) is 6.58 Å². The van der Waals surface area contributed by atoms with E-state index in [-0.39, 0.29) is 29.7 Å². The van der Waals surface area contributed by atoms with E-state index in [9.17, 15) is 19.2 Å². The van der Waals surface area contributed by atoms with Gasteiger partial charge in [0.05, 0.1) is 23.3 Å². The largest absolute Gasteiger partial charge is 0.478 e. The highest BCUT2D eigenvalue weighted by Gasteiger charge is 2.25. The van der Waals surface area contributed by atoms with Gasteiger partial charge in [-0.1, -0.05) is 6.58 Å². The summed E-state index contributed by atoms with van der Waals surface area (Å²) in [5.74, 6) is -4.25. The van der Waals surface area contributed by atoms with Crippen LogP contribution in [0, 0.1) is 0 Å². The highest BCUT2D eigenvalue weighted by atomic mass is 16.6. The summed E-state index contributed by atoms with van der Waals surface area (Å²) in [6, 6.07) is 3.09. The van der Waals surface area contributed by atoms with Crippen LogP contribution in [0.5, 0.6) is 0 Å². The monoisotopic (exact) mass is 364 g/mol. The second kappa shape index (κ2) is 8.28. The summed E-state index contributed by atoms with van der Waals surface area (Å²) in [7, 11) is 0. The first-order valence-corrected chi connectivity index (χ1v) is 7.61. The smallest absolute Gasteiger partial charge is 0.339 e. The summed E-state index contributed by atoms with van der Waals surface area (Å²) in [6.07, 6.45) is 0.174. The molecule has 26 heavy (non-hydrogen) atoms. The van der Waals surface area contributed by atoms with E-state index in [1.807, 2.05) is 0 Å². The average Bonchev–Trinajstić information content (AvgIpc) is 2.53. The van der Waals surface area contributed by atoms with E-state index in [0.717, 1.165) is 18.2 Å². The van der Waals surface area contributed by atoms with Crippen LogP contribution in [0.15, 0.2) is 30.4 Å². The Morgan fingerprint density at radius 3 is 2.19 bits per heavy atom.